The fourth-order valence-corrected chi connectivity index (χ4v) is 2.93. The van der Waals surface area contributed by atoms with Crippen LogP contribution >= 0.6 is 46.4 Å². The van der Waals surface area contributed by atoms with E-state index in [1.807, 2.05) is 0 Å². The first-order valence-corrected chi connectivity index (χ1v) is 9.65. The van der Waals surface area contributed by atoms with Gasteiger partial charge in [0.1, 0.15) is 16.8 Å². The predicted molar refractivity (Wildman–Crippen MR) is 91.7 cm³/mol. The van der Waals surface area contributed by atoms with Crippen LogP contribution in [0.3, 0.4) is 0 Å². The molecule has 0 aromatic heterocycles. The van der Waals surface area contributed by atoms with E-state index < -0.39 is 21.1 Å². The zero-order valence-electron chi connectivity index (χ0n) is 12.2. The summed E-state index contributed by atoms with van der Waals surface area (Å²) < 4.78 is 68.9. The smallest absolute Gasteiger partial charge is 0.490 e. The van der Waals surface area contributed by atoms with Crippen molar-refractivity contribution in [3.8, 4) is 11.5 Å². The zero-order chi connectivity index (χ0) is 19.3. The van der Waals surface area contributed by atoms with Gasteiger partial charge in [-0.2, -0.15) is 13.2 Å². The van der Waals surface area contributed by atoms with Crippen molar-refractivity contribution in [1.82, 2.24) is 0 Å². The predicted octanol–water partition coefficient (Wildman–Crippen LogP) is 5.39. The number of ether oxygens (including phenoxy) is 2. The molecule has 0 aliphatic rings. The van der Waals surface area contributed by atoms with Crippen molar-refractivity contribution in [3.05, 3.63) is 32.7 Å². The average Bonchev–Trinajstić information content (AvgIpc) is 2.44. The Labute approximate surface area is 162 Å². The second kappa shape index (κ2) is 9.41. The lowest BCUT2D eigenvalue weighted by atomic mass is 10.3. The van der Waals surface area contributed by atoms with E-state index in [2.05, 4.69) is 0 Å². The molecule has 0 fully saturated rings. The molecule has 0 saturated carbocycles. The first-order chi connectivity index (χ1) is 11.4. The summed E-state index contributed by atoms with van der Waals surface area (Å²) in [6.07, 6.45) is 1.00. The normalized spacial score (nSPS) is 12.0. The molecule has 0 bridgehead atoms. The van der Waals surface area contributed by atoms with Gasteiger partial charge in [0.2, 0.25) is 9.84 Å². The van der Waals surface area contributed by atoms with Crippen molar-refractivity contribution in [2.75, 3.05) is 19.0 Å². The van der Waals surface area contributed by atoms with Gasteiger partial charge in [-0.25, -0.2) is 8.42 Å². The lowest BCUT2D eigenvalue weighted by Gasteiger charge is -2.12. The number of halogens is 7. The van der Waals surface area contributed by atoms with Gasteiger partial charge in [-0.05, 0) is 12.5 Å². The molecule has 0 aliphatic heterocycles. The van der Waals surface area contributed by atoms with Crippen molar-refractivity contribution >= 4 is 56.2 Å². The minimum Gasteiger partial charge on any atom is -0.490 e. The maximum atomic E-state index is 12.2. The summed E-state index contributed by atoms with van der Waals surface area (Å²) in [7, 11) is -5.19. The Morgan fingerprint density at radius 1 is 1.12 bits per heavy atom. The van der Waals surface area contributed by atoms with Crippen LogP contribution in [0.15, 0.2) is 22.7 Å². The number of sulfone groups is 1. The third-order valence-corrected chi connectivity index (χ3v) is 5.02. The highest BCUT2D eigenvalue weighted by Crippen LogP contribution is 2.37. The number of benzene rings is 1. The Hall–Kier alpha value is -0.540. The molecule has 1 rings (SSSR count). The van der Waals surface area contributed by atoms with Crippen molar-refractivity contribution in [2.45, 2.75) is 11.9 Å². The highest BCUT2D eigenvalue weighted by atomic mass is 35.5. The van der Waals surface area contributed by atoms with Crippen LogP contribution in [0.25, 0.3) is 0 Å². The van der Waals surface area contributed by atoms with Crippen LogP contribution in [0.2, 0.25) is 10.0 Å². The van der Waals surface area contributed by atoms with Crippen molar-refractivity contribution in [3.63, 3.8) is 0 Å². The summed E-state index contributed by atoms with van der Waals surface area (Å²) in [6.45, 7) is -0.260. The number of hydrogen-bond acceptors (Lipinski definition) is 4. The van der Waals surface area contributed by atoms with Gasteiger partial charge in [0.15, 0.2) is 5.75 Å². The third kappa shape index (κ3) is 7.30. The Kier molecular flexibility index (Phi) is 8.47. The van der Waals surface area contributed by atoms with Crippen molar-refractivity contribution in [1.29, 1.82) is 0 Å². The van der Waals surface area contributed by atoms with Gasteiger partial charge in [-0.1, -0.05) is 46.4 Å². The van der Waals surface area contributed by atoms with Crippen LogP contribution in [0, 0.1) is 0 Å². The SMILES string of the molecule is O=S(=O)(CCCOc1c(Cl)cc(OCC=C(Cl)Cl)cc1Cl)C(F)(F)F. The van der Waals surface area contributed by atoms with Gasteiger partial charge in [0.25, 0.3) is 0 Å². The van der Waals surface area contributed by atoms with Crippen LogP contribution in [-0.4, -0.2) is 32.9 Å². The molecule has 12 heteroatoms. The van der Waals surface area contributed by atoms with E-state index in [-0.39, 0.29) is 45.7 Å². The van der Waals surface area contributed by atoms with E-state index >= 15 is 0 Å². The summed E-state index contributed by atoms with van der Waals surface area (Å²) >= 11 is 22.8. The van der Waals surface area contributed by atoms with Gasteiger partial charge in [0, 0.05) is 12.1 Å². The highest BCUT2D eigenvalue weighted by molar-refractivity contribution is 7.92. The second-order valence-corrected chi connectivity index (χ2v) is 8.41. The summed E-state index contributed by atoms with van der Waals surface area (Å²) in [5.74, 6) is -0.808. The maximum Gasteiger partial charge on any atom is 0.497 e. The van der Waals surface area contributed by atoms with Gasteiger partial charge < -0.3 is 9.47 Å². The number of rotatable bonds is 8. The summed E-state index contributed by atoms with van der Waals surface area (Å²) in [5, 5.41) is 0.0873. The van der Waals surface area contributed by atoms with Crippen LogP contribution in [0.1, 0.15) is 6.42 Å². The van der Waals surface area contributed by atoms with E-state index in [4.69, 9.17) is 55.9 Å². The molecule has 1 aromatic carbocycles. The van der Waals surface area contributed by atoms with E-state index in [1.165, 1.54) is 18.2 Å². The molecule has 25 heavy (non-hydrogen) atoms. The molecule has 0 atom stereocenters. The largest absolute Gasteiger partial charge is 0.497 e. The van der Waals surface area contributed by atoms with Crippen molar-refractivity contribution < 1.29 is 31.1 Å². The fraction of sp³-hybridized carbons (Fsp3) is 0.385. The average molecular weight is 462 g/mol. The fourth-order valence-electron chi connectivity index (χ4n) is 1.50. The molecule has 0 unspecified atom stereocenters. The molecule has 0 heterocycles. The first kappa shape index (κ1) is 22.5. The second-order valence-electron chi connectivity index (χ2n) is 4.49. The third-order valence-electron chi connectivity index (χ3n) is 2.62. The van der Waals surface area contributed by atoms with E-state index in [9.17, 15) is 21.6 Å². The van der Waals surface area contributed by atoms with Crippen LogP contribution in [0.5, 0.6) is 11.5 Å². The molecule has 1 aromatic rings. The standard InChI is InChI=1S/C13H11Cl4F3O4S/c14-9-6-8(23-4-2-11(16)17)7-10(15)12(9)24-3-1-5-25(21,22)13(18,19)20/h2,6-7H,1,3-5H2. The van der Waals surface area contributed by atoms with Gasteiger partial charge in [0.05, 0.1) is 22.4 Å². The summed E-state index contributed by atoms with van der Waals surface area (Å²) in [5.41, 5.74) is -5.29. The molecule has 0 spiro atoms. The van der Waals surface area contributed by atoms with E-state index in [0.29, 0.717) is 0 Å². The van der Waals surface area contributed by atoms with E-state index in [0.717, 1.165) is 0 Å². The van der Waals surface area contributed by atoms with Gasteiger partial charge in [-0.15, -0.1) is 0 Å². The molecule has 0 N–H and O–H groups in total. The van der Waals surface area contributed by atoms with Gasteiger partial charge >= 0.3 is 5.51 Å². The molecule has 0 amide bonds. The Morgan fingerprint density at radius 2 is 1.68 bits per heavy atom. The van der Waals surface area contributed by atoms with Gasteiger partial charge in [-0.3, -0.25) is 0 Å². The van der Waals surface area contributed by atoms with Crippen molar-refractivity contribution in [2.24, 2.45) is 0 Å². The molecular formula is C13H11Cl4F3O4S. The topological polar surface area (TPSA) is 52.6 Å². The quantitative estimate of drug-likeness (QED) is 0.486. The molecule has 0 aliphatic carbocycles. The minimum atomic E-state index is -5.29. The van der Waals surface area contributed by atoms with Crippen LogP contribution < -0.4 is 9.47 Å². The zero-order valence-corrected chi connectivity index (χ0v) is 16.1. The Balaban J connectivity index is 2.64. The lowest BCUT2D eigenvalue weighted by molar-refractivity contribution is -0.0436. The first-order valence-electron chi connectivity index (χ1n) is 6.49. The minimum absolute atomic E-state index is 0.00556. The monoisotopic (exact) mass is 460 g/mol. The Morgan fingerprint density at radius 3 is 2.16 bits per heavy atom. The molecule has 4 nitrogen and oxygen atoms in total. The van der Waals surface area contributed by atoms with E-state index in [1.54, 1.807) is 0 Å². The lowest BCUT2D eigenvalue weighted by Crippen LogP contribution is -2.26. The molecule has 0 saturated heterocycles. The highest BCUT2D eigenvalue weighted by Gasteiger charge is 2.44. The summed E-state index contributed by atoms with van der Waals surface area (Å²) in [6, 6.07) is 2.73. The molecular weight excluding hydrogens is 451 g/mol. The molecule has 0 radical (unpaired) electrons. The number of alkyl halides is 3. The summed E-state index contributed by atoms with van der Waals surface area (Å²) in [4.78, 5) is 0. The molecule has 142 valence electrons. The van der Waals surface area contributed by atoms with Crippen LogP contribution in [0.4, 0.5) is 13.2 Å². The number of hydrogen-bond donors (Lipinski definition) is 0. The van der Waals surface area contributed by atoms with Crippen LogP contribution in [-0.2, 0) is 9.84 Å². The Bertz CT molecular complexity index is 708. The maximum absolute atomic E-state index is 12.2.